The second kappa shape index (κ2) is 6.81. The minimum Gasteiger partial charge on any atom is -0.465 e. The molecular formula is C15H16F2N2O5. The maximum absolute atomic E-state index is 12.5. The number of nitrogens with one attached hydrogen (secondary N) is 1. The number of hydrogen-bond acceptors (Lipinski definition) is 5. The molecule has 9 heteroatoms. The number of urea groups is 1. The van der Waals surface area contributed by atoms with Crippen LogP contribution in [-0.2, 0) is 19.9 Å². The van der Waals surface area contributed by atoms with Crippen molar-refractivity contribution >= 4 is 17.9 Å². The van der Waals surface area contributed by atoms with Crippen LogP contribution in [0, 0.1) is 0 Å². The number of carbonyl (C=O) groups excluding carboxylic acids is 3. The largest absolute Gasteiger partial charge is 0.465 e. The van der Waals surface area contributed by atoms with Crippen molar-refractivity contribution in [3.63, 3.8) is 0 Å². The Kier molecular flexibility index (Phi) is 5.01. The monoisotopic (exact) mass is 342 g/mol. The topological polar surface area (TPSA) is 84.9 Å². The number of halogens is 2. The molecule has 1 atom stereocenters. The van der Waals surface area contributed by atoms with Crippen LogP contribution in [0.5, 0.6) is 5.75 Å². The molecule has 0 aliphatic carbocycles. The standard InChI is InChI=1S/C15H16F2N2O5/c1-3-23-11(20)8-19-12(21)15(2,18-14(19)22)9-4-6-10(7-5-9)24-13(16)17/h4-7,13H,3,8H2,1-2H3,(H,18,22)/t15-/m0/s1. The van der Waals surface area contributed by atoms with Gasteiger partial charge in [-0.2, -0.15) is 8.78 Å². The number of amides is 3. The zero-order valence-corrected chi connectivity index (χ0v) is 13.0. The Bertz CT molecular complexity index is 650. The fourth-order valence-electron chi connectivity index (χ4n) is 2.34. The highest BCUT2D eigenvalue weighted by Crippen LogP contribution is 2.30. The second-order valence-corrected chi connectivity index (χ2v) is 5.15. The molecule has 7 nitrogen and oxygen atoms in total. The summed E-state index contributed by atoms with van der Waals surface area (Å²) in [5.41, 5.74) is -1.04. The maximum Gasteiger partial charge on any atom is 0.387 e. The van der Waals surface area contributed by atoms with Crippen LogP contribution >= 0.6 is 0 Å². The molecule has 1 saturated heterocycles. The smallest absolute Gasteiger partial charge is 0.387 e. The predicted octanol–water partition coefficient (Wildman–Crippen LogP) is 1.62. The van der Waals surface area contributed by atoms with E-state index >= 15 is 0 Å². The first-order valence-electron chi connectivity index (χ1n) is 7.13. The van der Waals surface area contributed by atoms with Crippen LogP contribution < -0.4 is 10.1 Å². The van der Waals surface area contributed by atoms with Gasteiger partial charge in [0.2, 0.25) is 0 Å². The molecule has 1 aliphatic heterocycles. The highest BCUT2D eigenvalue weighted by Gasteiger charge is 2.49. The van der Waals surface area contributed by atoms with Gasteiger partial charge in [0.05, 0.1) is 6.61 Å². The Morgan fingerprint density at radius 3 is 2.46 bits per heavy atom. The first-order chi connectivity index (χ1) is 11.3. The van der Waals surface area contributed by atoms with Gasteiger partial charge >= 0.3 is 18.6 Å². The zero-order chi connectivity index (χ0) is 17.9. The van der Waals surface area contributed by atoms with Gasteiger partial charge in [-0.25, -0.2) is 4.79 Å². The van der Waals surface area contributed by atoms with Gasteiger partial charge in [-0.3, -0.25) is 14.5 Å². The van der Waals surface area contributed by atoms with Crippen molar-refractivity contribution in [3.8, 4) is 5.75 Å². The molecule has 130 valence electrons. The first kappa shape index (κ1) is 17.6. The van der Waals surface area contributed by atoms with Crippen LogP contribution in [0.1, 0.15) is 19.4 Å². The quantitative estimate of drug-likeness (QED) is 0.627. The lowest BCUT2D eigenvalue weighted by Crippen LogP contribution is -2.41. The Hall–Kier alpha value is -2.71. The van der Waals surface area contributed by atoms with Crippen molar-refractivity contribution in [2.45, 2.75) is 26.0 Å². The van der Waals surface area contributed by atoms with E-state index in [9.17, 15) is 23.2 Å². The number of carbonyl (C=O) groups is 3. The number of esters is 1. The highest BCUT2D eigenvalue weighted by atomic mass is 19.3. The number of hydrogen-bond donors (Lipinski definition) is 1. The van der Waals surface area contributed by atoms with Crippen LogP contribution in [0.4, 0.5) is 13.6 Å². The van der Waals surface area contributed by atoms with E-state index in [1.807, 2.05) is 0 Å². The normalized spacial score (nSPS) is 20.3. The summed E-state index contributed by atoms with van der Waals surface area (Å²) < 4.78 is 33.3. The molecule has 0 spiro atoms. The molecule has 0 aromatic heterocycles. The van der Waals surface area contributed by atoms with Gasteiger partial charge < -0.3 is 14.8 Å². The molecule has 24 heavy (non-hydrogen) atoms. The summed E-state index contributed by atoms with van der Waals surface area (Å²) in [6.45, 7) is -0.260. The van der Waals surface area contributed by atoms with E-state index in [1.165, 1.54) is 31.2 Å². The van der Waals surface area contributed by atoms with Crippen LogP contribution in [0.25, 0.3) is 0 Å². The zero-order valence-electron chi connectivity index (χ0n) is 13.0. The molecule has 1 aromatic carbocycles. The molecule has 1 fully saturated rings. The average molecular weight is 342 g/mol. The number of imide groups is 1. The summed E-state index contributed by atoms with van der Waals surface area (Å²) in [7, 11) is 0. The van der Waals surface area contributed by atoms with E-state index in [2.05, 4.69) is 10.1 Å². The van der Waals surface area contributed by atoms with Gasteiger partial charge in [0.25, 0.3) is 5.91 Å². The summed E-state index contributed by atoms with van der Waals surface area (Å²) in [6.07, 6.45) is 0. The third-order valence-corrected chi connectivity index (χ3v) is 3.52. The summed E-state index contributed by atoms with van der Waals surface area (Å²) >= 11 is 0. The van der Waals surface area contributed by atoms with Gasteiger partial charge in [0, 0.05) is 0 Å². The van der Waals surface area contributed by atoms with E-state index in [0.29, 0.717) is 5.56 Å². The third-order valence-electron chi connectivity index (χ3n) is 3.52. The molecule has 1 aromatic rings. The van der Waals surface area contributed by atoms with E-state index in [-0.39, 0.29) is 12.4 Å². The summed E-state index contributed by atoms with van der Waals surface area (Å²) in [5.74, 6) is -1.41. The number of benzene rings is 1. The predicted molar refractivity (Wildman–Crippen MR) is 77.3 cm³/mol. The lowest BCUT2D eigenvalue weighted by Gasteiger charge is -2.22. The first-order valence-corrected chi connectivity index (χ1v) is 7.13. The van der Waals surface area contributed by atoms with Crippen molar-refractivity contribution in [1.82, 2.24) is 10.2 Å². The number of rotatable bonds is 6. The fraction of sp³-hybridized carbons (Fsp3) is 0.400. The van der Waals surface area contributed by atoms with Crippen LogP contribution in [0.2, 0.25) is 0 Å². The van der Waals surface area contributed by atoms with Gasteiger partial charge in [-0.15, -0.1) is 0 Å². The fourth-order valence-corrected chi connectivity index (χ4v) is 2.34. The SMILES string of the molecule is CCOC(=O)CN1C(=O)N[C@@](C)(c2ccc(OC(F)F)cc2)C1=O. The van der Waals surface area contributed by atoms with Crippen molar-refractivity contribution in [3.05, 3.63) is 29.8 Å². The minimum absolute atomic E-state index is 0.0718. The van der Waals surface area contributed by atoms with Gasteiger partial charge in [0.15, 0.2) is 0 Å². The number of ether oxygens (including phenoxy) is 2. The molecule has 1 heterocycles. The van der Waals surface area contributed by atoms with Gasteiger partial charge in [-0.1, -0.05) is 12.1 Å². The molecule has 1 aliphatic rings. The number of alkyl halides is 2. The molecule has 0 radical (unpaired) electrons. The molecular weight excluding hydrogens is 326 g/mol. The van der Waals surface area contributed by atoms with E-state index in [0.717, 1.165) is 4.90 Å². The second-order valence-electron chi connectivity index (χ2n) is 5.15. The molecule has 0 bridgehead atoms. The van der Waals surface area contributed by atoms with Crippen molar-refractivity contribution in [1.29, 1.82) is 0 Å². The van der Waals surface area contributed by atoms with Crippen molar-refractivity contribution < 1.29 is 32.6 Å². The van der Waals surface area contributed by atoms with E-state index in [1.54, 1.807) is 6.92 Å². The summed E-state index contributed by atoms with van der Waals surface area (Å²) in [6, 6.07) is 4.58. The number of nitrogens with zero attached hydrogens (tertiary/aromatic N) is 1. The van der Waals surface area contributed by atoms with Crippen molar-refractivity contribution in [2.24, 2.45) is 0 Å². The Balaban J connectivity index is 2.19. The Morgan fingerprint density at radius 1 is 1.29 bits per heavy atom. The van der Waals surface area contributed by atoms with Gasteiger partial charge in [-0.05, 0) is 31.5 Å². The van der Waals surface area contributed by atoms with E-state index in [4.69, 9.17) is 4.74 Å². The molecule has 0 saturated carbocycles. The minimum atomic E-state index is -2.96. The average Bonchev–Trinajstić information content (AvgIpc) is 2.72. The van der Waals surface area contributed by atoms with Crippen molar-refractivity contribution in [2.75, 3.05) is 13.2 Å². The molecule has 0 unspecified atom stereocenters. The molecule has 2 rings (SSSR count). The Labute approximate surface area is 136 Å². The molecule has 3 amide bonds. The van der Waals surface area contributed by atoms with Gasteiger partial charge in [0.1, 0.15) is 17.8 Å². The lowest BCUT2D eigenvalue weighted by molar-refractivity contribution is -0.147. The maximum atomic E-state index is 12.5. The Morgan fingerprint density at radius 2 is 1.92 bits per heavy atom. The lowest BCUT2D eigenvalue weighted by atomic mass is 9.92. The van der Waals surface area contributed by atoms with Crippen LogP contribution in [0.3, 0.4) is 0 Å². The third kappa shape index (κ3) is 3.44. The van der Waals surface area contributed by atoms with E-state index < -0.39 is 36.6 Å². The van der Waals surface area contributed by atoms with Crippen LogP contribution in [0.15, 0.2) is 24.3 Å². The van der Waals surface area contributed by atoms with Crippen LogP contribution in [-0.4, -0.2) is 42.6 Å². The summed E-state index contributed by atoms with van der Waals surface area (Å²) in [5, 5.41) is 2.49. The molecule has 1 N–H and O–H groups in total. The summed E-state index contributed by atoms with van der Waals surface area (Å²) in [4.78, 5) is 36.8. The highest BCUT2D eigenvalue weighted by molar-refractivity contribution is 6.08.